The number of hydrogen-bond donors (Lipinski definition) is 3. The van der Waals surface area contributed by atoms with Gasteiger partial charge in [0.15, 0.2) is 0 Å². The summed E-state index contributed by atoms with van der Waals surface area (Å²) in [6.07, 6.45) is 4.40. The van der Waals surface area contributed by atoms with E-state index in [4.69, 9.17) is 9.47 Å². The molecular formula is C27H34IN5O5. The monoisotopic (exact) mass is 635 g/mol. The highest BCUT2D eigenvalue weighted by molar-refractivity contribution is 14.1. The molecule has 0 unspecified atom stereocenters. The summed E-state index contributed by atoms with van der Waals surface area (Å²) in [7, 11) is 0. The Hall–Kier alpha value is -3.09. The van der Waals surface area contributed by atoms with Crippen LogP contribution in [0.1, 0.15) is 52.0 Å². The van der Waals surface area contributed by atoms with Crippen LogP contribution in [0.5, 0.6) is 11.5 Å². The van der Waals surface area contributed by atoms with E-state index in [2.05, 4.69) is 43.5 Å². The Balaban J connectivity index is 1.31. The van der Waals surface area contributed by atoms with Gasteiger partial charge in [0.2, 0.25) is 5.91 Å². The number of alkyl halides is 1. The van der Waals surface area contributed by atoms with E-state index in [0.29, 0.717) is 47.7 Å². The molecular weight excluding hydrogens is 601 g/mol. The third-order valence-corrected chi connectivity index (χ3v) is 6.94. The van der Waals surface area contributed by atoms with Crippen molar-refractivity contribution >= 4 is 52.1 Å². The summed E-state index contributed by atoms with van der Waals surface area (Å²) in [5.74, 6) is 1.18. The van der Waals surface area contributed by atoms with Gasteiger partial charge < -0.3 is 30.3 Å². The number of rotatable bonds is 7. The topological polar surface area (TPSA) is 122 Å². The van der Waals surface area contributed by atoms with E-state index >= 15 is 0 Å². The minimum atomic E-state index is -0.549. The highest BCUT2D eigenvalue weighted by Gasteiger charge is 2.30. The van der Waals surface area contributed by atoms with Crippen LogP contribution in [0.25, 0.3) is 0 Å². The van der Waals surface area contributed by atoms with Gasteiger partial charge in [0.05, 0.1) is 0 Å². The predicted octanol–water partition coefficient (Wildman–Crippen LogP) is 5.68. The molecule has 2 aliphatic rings. The zero-order valence-corrected chi connectivity index (χ0v) is 24.0. The minimum Gasteiger partial charge on any atom is -0.457 e. The summed E-state index contributed by atoms with van der Waals surface area (Å²) >= 11 is 2.25. The van der Waals surface area contributed by atoms with Crippen molar-refractivity contribution in [2.24, 2.45) is 5.92 Å². The third kappa shape index (κ3) is 8.20. The fourth-order valence-electron chi connectivity index (χ4n) is 4.00. The maximum atomic E-state index is 12.9. The number of anilines is 2. The normalized spacial score (nSPS) is 15.9. The van der Waals surface area contributed by atoms with Crippen molar-refractivity contribution in [1.29, 1.82) is 0 Å². The van der Waals surface area contributed by atoms with Gasteiger partial charge in [-0.25, -0.2) is 14.6 Å². The molecule has 1 aliphatic heterocycles. The van der Waals surface area contributed by atoms with Crippen LogP contribution in [-0.4, -0.2) is 52.6 Å². The lowest BCUT2D eigenvalue weighted by molar-refractivity contribution is -0.121. The van der Waals surface area contributed by atoms with E-state index < -0.39 is 5.60 Å². The molecule has 11 heteroatoms. The third-order valence-electron chi connectivity index (χ3n) is 6.12. The lowest BCUT2D eigenvalue weighted by atomic mass is 9.96. The molecule has 0 spiro atoms. The molecule has 1 saturated carbocycles. The van der Waals surface area contributed by atoms with Crippen molar-refractivity contribution in [3.05, 3.63) is 42.1 Å². The van der Waals surface area contributed by atoms with Crippen LogP contribution in [0, 0.1) is 5.92 Å². The van der Waals surface area contributed by atoms with E-state index in [-0.39, 0.29) is 30.0 Å². The molecule has 1 saturated heterocycles. The smallest absolute Gasteiger partial charge is 0.410 e. The van der Waals surface area contributed by atoms with Gasteiger partial charge in [-0.2, -0.15) is 0 Å². The molecule has 2 heterocycles. The van der Waals surface area contributed by atoms with Crippen molar-refractivity contribution in [3.8, 4) is 11.5 Å². The fourth-order valence-corrected chi connectivity index (χ4v) is 4.63. The molecule has 4 amide bonds. The molecule has 1 aliphatic carbocycles. The van der Waals surface area contributed by atoms with Crippen molar-refractivity contribution in [3.63, 3.8) is 0 Å². The number of ether oxygens (including phenoxy) is 2. The lowest BCUT2D eigenvalue weighted by Gasteiger charge is -2.32. The minimum absolute atomic E-state index is 0.134. The second-order valence-corrected chi connectivity index (χ2v) is 11.3. The number of hydrogen-bond acceptors (Lipinski definition) is 6. The second-order valence-electron chi connectivity index (χ2n) is 10.5. The number of carbonyl (C=O) groups excluding carboxylic acids is 3. The van der Waals surface area contributed by atoms with Crippen LogP contribution >= 0.6 is 22.6 Å². The van der Waals surface area contributed by atoms with Crippen LogP contribution in [0.2, 0.25) is 0 Å². The standard InChI is InChI=1S/C27H34IN5O5/c1-27(2,3)38-26(36)33-12-9-17(10-13-33)24(34)32-23-15-21(8-11-29-23)37-20-6-7-22(18(14-20)16-28)31-25(35)30-19-4-5-19/h6-8,11,14-15,17,19H,4-5,9-10,12-13,16H2,1-3H3,(H,29,32,34)(H2,30,31,35). The van der Waals surface area contributed by atoms with Gasteiger partial charge in [0.1, 0.15) is 22.9 Å². The Kier molecular flexibility index (Phi) is 8.95. The lowest BCUT2D eigenvalue weighted by Crippen LogP contribution is -2.43. The summed E-state index contributed by atoms with van der Waals surface area (Å²) in [6.45, 7) is 6.44. The number of pyridine rings is 1. The van der Waals surface area contributed by atoms with Gasteiger partial charge in [-0.05, 0) is 76.3 Å². The van der Waals surface area contributed by atoms with E-state index in [1.807, 2.05) is 32.9 Å². The Bertz CT molecular complexity index is 1170. The average Bonchev–Trinajstić information content (AvgIpc) is 3.68. The van der Waals surface area contributed by atoms with Gasteiger partial charge in [-0.15, -0.1) is 0 Å². The van der Waals surface area contributed by atoms with E-state index in [0.717, 1.165) is 24.1 Å². The number of nitrogens with one attached hydrogen (secondary N) is 3. The maximum absolute atomic E-state index is 12.9. The summed E-state index contributed by atoms with van der Waals surface area (Å²) in [5.41, 5.74) is 1.13. The number of halogens is 1. The maximum Gasteiger partial charge on any atom is 0.410 e. The van der Waals surface area contributed by atoms with Crippen LogP contribution < -0.4 is 20.7 Å². The number of likely N-dealkylation sites (tertiary alicyclic amines) is 1. The molecule has 204 valence electrons. The van der Waals surface area contributed by atoms with Gasteiger partial charge in [0.25, 0.3) is 0 Å². The molecule has 10 nitrogen and oxygen atoms in total. The number of carbonyl (C=O) groups is 3. The Morgan fingerprint density at radius 1 is 1.03 bits per heavy atom. The molecule has 1 aromatic carbocycles. The number of aromatic nitrogens is 1. The molecule has 1 aromatic heterocycles. The van der Waals surface area contributed by atoms with E-state index in [1.54, 1.807) is 29.3 Å². The highest BCUT2D eigenvalue weighted by Crippen LogP contribution is 2.29. The first kappa shape index (κ1) is 27.9. The van der Waals surface area contributed by atoms with Crippen LogP contribution in [0.3, 0.4) is 0 Å². The Labute approximate surface area is 236 Å². The molecule has 0 atom stereocenters. The van der Waals surface area contributed by atoms with Crippen molar-refractivity contribution in [1.82, 2.24) is 15.2 Å². The molecule has 2 fully saturated rings. The predicted molar refractivity (Wildman–Crippen MR) is 153 cm³/mol. The number of piperidine rings is 1. The first-order valence-corrected chi connectivity index (χ1v) is 14.3. The fraction of sp³-hybridized carbons (Fsp3) is 0.481. The van der Waals surface area contributed by atoms with Gasteiger partial charge >= 0.3 is 12.1 Å². The molecule has 3 N–H and O–H groups in total. The Morgan fingerprint density at radius 2 is 1.74 bits per heavy atom. The second kappa shape index (κ2) is 12.2. The summed E-state index contributed by atoms with van der Waals surface area (Å²) in [6, 6.07) is 8.98. The summed E-state index contributed by atoms with van der Waals surface area (Å²) in [4.78, 5) is 43.2. The first-order valence-electron chi connectivity index (χ1n) is 12.8. The molecule has 2 aromatic rings. The van der Waals surface area contributed by atoms with Crippen LogP contribution in [0.4, 0.5) is 21.1 Å². The molecule has 0 bridgehead atoms. The number of nitrogens with zero attached hydrogens (tertiary/aromatic N) is 2. The van der Waals surface area contributed by atoms with E-state index in [9.17, 15) is 14.4 Å². The van der Waals surface area contributed by atoms with Gasteiger partial charge in [-0.3, -0.25) is 4.79 Å². The summed E-state index contributed by atoms with van der Waals surface area (Å²) in [5, 5.41) is 8.70. The Morgan fingerprint density at radius 3 is 2.39 bits per heavy atom. The highest BCUT2D eigenvalue weighted by atomic mass is 127. The van der Waals surface area contributed by atoms with Gasteiger partial charge in [0, 0.05) is 47.4 Å². The molecule has 38 heavy (non-hydrogen) atoms. The van der Waals surface area contributed by atoms with Crippen LogP contribution in [0.15, 0.2) is 36.5 Å². The largest absolute Gasteiger partial charge is 0.457 e. The average molecular weight is 636 g/mol. The van der Waals surface area contributed by atoms with Gasteiger partial charge in [-0.1, -0.05) is 22.6 Å². The molecule has 4 rings (SSSR count). The quantitative estimate of drug-likeness (QED) is 0.266. The van der Waals surface area contributed by atoms with E-state index in [1.165, 1.54) is 0 Å². The number of amides is 4. The van der Waals surface area contributed by atoms with Crippen molar-refractivity contribution in [2.45, 2.75) is 62.5 Å². The SMILES string of the molecule is CC(C)(C)OC(=O)N1CCC(C(=O)Nc2cc(Oc3ccc(NC(=O)NC4CC4)c(CI)c3)ccn2)CC1. The first-order chi connectivity index (χ1) is 18.1. The number of benzene rings is 1. The molecule has 0 radical (unpaired) electrons. The summed E-state index contributed by atoms with van der Waals surface area (Å²) < 4.78 is 12.1. The van der Waals surface area contributed by atoms with Crippen molar-refractivity contribution in [2.75, 3.05) is 23.7 Å². The van der Waals surface area contributed by atoms with Crippen molar-refractivity contribution < 1.29 is 23.9 Å². The zero-order chi connectivity index (χ0) is 27.3. The number of urea groups is 1. The zero-order valence-electron chi connectivity index (χ0n) is 21.9. The van der Waals surface area contributed by atoms with Crippen LogP contribution in [-0.2, 0) is 14.0 Å².